The third kappa shape index (κ3) is 2.46. The van der Waals surface area contributed by atoms with Crippen molar-refractivity contribution in [3.05, 3.63) is 17.7 Å². The van der Waals surface area contributed by atoms with Crippen molar-refractivity contribution in [3.63, 3.8) is 0 Å². The lowest BCUT2D eigenvalue weighted by atomic mass is 10.2. The number of alkyl halides is 3. The molecule has 2 rings (SSSR count). The highest BCUT2D eigenvalue weighted by atomic mass is 19.4. The zero-order valence-electron chi connectivity index (χ0n) is 10.1. The summed E-state index contributed by atoms with van der Waals surface area (Å²) in [5.74, 6) is -1.90. The van der Waals surface area contributed by atoms with E-state index in [9.17, 15) is 22.8 Å². The number of rotatable bonds is 2. The smallest absolute Gasteiger partial charge is 0.376 e. The number of primary amides is 1. The molecule has 0 radical (unpaired) electrons. The van der Waals surface area contributed by atoms with Crippen LogP contribution in [0.2, 0.25) is 0 Å². The number of imidazole rings is 1. The number of amides is 2. The first kappa shape index (κ1) is 14.3. The molecule has 110 valence electrons. The molecule has 1 aromatic heterocycles. The van der Waals surface area contributed by atoms with E-state index in [0.717, 1.165) is 4.90 Å². The lowest BCUT2D eigenvalue weighted by molar-refractivity contribution is -0.211. The molecular formula is C10H11F3N4O3. The fourth-order valence-corrected chi connectivity index (χ4v) is 1.96. The van der Waals surface area contributed by atoms with Crippen LogP contribution >= 0.6 is 0 Å². The standard InChI is InChI=1S/C10H11F3N4O3/c11-10(12,13)7(18)9(20)16-1-2-17-5(8(14)19)3-15-6(17)4-16/h3,7,18H,1-2,4H2,(H2,14,19)/t7-/m1/s1. The van der Waals surface area contributed by atoms with Gasteiger partial charge in [0, 0.05) is 13.1 Å². The van der Waals surface area contributed by atoms with E-state index < -0.39 is 24.1 Å². The summed E-state index contributed by atoms with van der Waals surface area (Å²) in [6, 6.07) is 0. The molecule has 0 aromatic carbocycles. The van der Waals surface area contributed by atoms with Crippen molar-refractivity contribution in [3.8, 4) is 0 Å². The van der Waals surface area contributed by atoms with Gasteiger partial charge in [-0.2, -0.15) is 13.2 Å². The molecule has 1 aliphatic rings. The van der Waals surface area contributed by atoms with Crippen LogP contribution in [0.15, 0.2) is 6.20 Å². The monoisotopic (exact) mass is 292 g/mol. The van der Waals surface area contributed by atoms with Crippen LogP contribution in [-0.2, 0) is 17.9 Å². The summed E-state index contributed by atoms with van der Waals surface area (Å²) < 4.78 is 38.3. The average Bonchev–Trinajstić information content (AvgIpc) is 2.78. The first-order valence-electron chi connectivity index (χ1n) is 5.59. The van der Waals surface area contributed by atoms with E-state index in [4.69, 9.17) is 10.8 Å². The molecule has 0 bridgehead atoms. The van der Waals surface area contributed by atoms with E-state index in [1.54, 1.807) is 0 Å². The molecule has 1 aliphatic heterocycles. The van der Waals surface area contributed by atoms with Crippen molar-refractivity contribution >= 4 is 11.8 Å². The molecule has 1 aromatic rings. The number of fused-ring (bicyclic) bond motifs is 1. The predicted molar refractivity (Wildman–Crippen MR) is 58.2 cm³/mol. The van der Waals surface area contributed by atoms with E-state index in [1.165, 1.54) is 10.8 Å². The Balaban J connectivity index is 2.16. The summed E-state index contributed by atoms with van der Waals surface area (Å²) in [6.45, 7) is -0.210. The van der Waals surface area contributed by atoms with E-state index >= 15 is 0 Å². The molecule has 1 atom stereocenters. The summed E-state index contributed by atoms with van der Waals surface area (Å²) >= 11 is 0. The SMILES string of the molecule is NC(=O)c1cnc2n1CCN(C(=O)[C@@H](O)C(F)(F)F)C2. The van der Waals surface area contributed by atoms with Crippen molar-refractivity contribution < 1.29 is 27.9 Å². The Bertz CT molecular complexity index is 554. The maximum Gasteiger partial charge on any atom is 0.423 e. The number of carbonyl (C=O) groups excluding carboxylic acids is 2. The van der Waals surface area contributed by atoms with E-state index in [0.29, 0.717) is 0 Å². The molecular weight excluding hydrogens is 281 g/mol. The molecule has 7 nitrogen and oxygen atoms in total. The second-order valence-electron chi connectivity index (χ2n) is 4.28. The molecule has 20 heavy (non-hydrogen) atoms. The van der Waals surface area contributed by atoms with E-state index in [1.807, 2.05) is 0 Å². The molecule has 2 heterocycles. The molecule has 0 fully saturated rings. The molecule has 0 saturated heterocycles. The van der Waals surface area contributed by atoms with Crippen LogP contribution in [0.5, 0.6) is 0 Å². The van der Waals surface area contributed by atoms with Crippen LogP contribution in [0, 0.1) is 0 Å². The second kappa shape index (κ2) is 4.78. The van der Waals surface area contributed by atoms with Crippen molar-refractivity contribution in [1.82, 2.24) is 14.5 Å². The summed E-state index contributed by atoms with van der Waals surface area (Å²) in [5.41, 5.74) is 5.24. The Labute approximate surface area is 110 Å². The zero-order chi connectivity index (χ0) is 15.1. The van der Waals surface area contributed by atoms with Gasteiger partial charge in [-0.05, 0) is 0 Å². The summed E-state index contributed by atoms with van der Waals surface area (Å²) in [6.07, 6.45) is -6.87. The Morgan fingerprint density at radius 2 is 2.05 bits per heavy atom. The van der Waals surface area contributed by atoms with Crippen LogP contribution in [-0.4, -0.2) is 50.2 Å². The number of hydrogen-bond donors (Lipinski definition) is 2. The number of nitrogens with two attached hydrogens (primary N) is 1. The Morgan fingerprint density at radius 3 is 2.60 bits per heavy atom. The largest absolute Gasteiger partial charge is 0.423 e. The Kier molecular flexibility index (Phi) is 3.42. The number of aliphatic hydroxyl groups excluding tert-OH is 1. The number of carbonyl (C=O) groups is 2. The van der Waals surface area contributed by atoms with Gasteiger partial charge in [0.25, 0.3) is 11.8 Å². The first-order valence-corrected chi connectivity index (χ1v) is 5.59. The topological polar surface area (TPSA) is 101 Å². The van der Waals surface area contributed by atoms with Crippen molar-refractivity contribution in [2.75, 3.05) is 6.54 Å². The third-order valence-corrected chi connectivity index (χ3v) is 2.97. The quantitative estimate of drug-likeness (QED) is 0.748. The summed E-state index contributed by atoms with van der Waals surface area (Å²) in [4.78, 5) is 27.3. The average molecular weight is 292 g/mol. The van der Waals surface area contributed by atoms with Crippen LogP contribution < -0.4 is 5.73 Å². The van der Waals surface area contributed by atoms with Gasteiger partial charge < -0.3 is 20.3 Å². The minimum atomic E-state index is -5.01. The highest BCUT2D eigenvalue weighted by Gasteiger charge is 2.46. The molecule has 0 unspecified atom stereocenters. The number of aromatic nitrogens is 2. The lowest BCUT2D eigenvalue weighted by Gasteiger charge is -2.30. The summed E-state index contributed by atoms with van der Waals surface area (Å²) in [5, 5.41) is 8.93. The van der Waals surface area contributed by atoms with Crippen molar-refractivity contribution in [2.45, 2.75) is 25.4 Å². The first-order chi connectivity index (χ1) is 9.21. The molecule has 0 aliphatic carbocycles. The molecule has 10 heteroatoms. The van der Waals surface area contributed by atoms with Crippen LogP contribution in [0.3, 0.4) is 0 Å². The van der Waals surface area contributed by atoms with E-state index in [2.05, 4.69) is 4.98 Å². The van der Waals surface area contributed by atoms with Gasteiger partial charge in [-0.15, -0.1) is 0 Å². The van der Waals surface area contributed by atoms with Gasteiger partial charge in [-0.25, -0.2) is 4.98 Å². The zero-order valence-corrected chi connectivity index (χ0v) is 10.1. The lowest BCUT2D eigenvalue weighted by Crippen LogP contribution is -2.49. The van der Waals surface area contributed by atoms with E-state index in [-0.39, 0.29) is 31.2 Å². The number of nitrogens with zero attached hydrogens (tertiary/aromatic N) is 3. The Hall–Kier alpha value is -2.10. The minimum absolute atomic E-state index is 0.0738. The van der Waals surface area contributed by atoms with Gasteiger partial charge in [0.1, 0.15) is 11.5 Å². The molecule has 0 saturated carbocycles. The van der Waals surface area contributed by atoms with Gasteiger partial charge in [-0.3, -0.25) is 9.59 Å². The normalized spacial score (nSPS) is 16.7. The number of aliphatic hydroxyl groups is 1. The fourth-order valence-electron chi connectivity index (χ4n) is 1.96. The van der Waals surface area contributed by atoms with Crippen LogP contribution in [0.25, 0.3) is 0 Å². The molecule has 2 amide bonds. The minimum Gasteiger partial charge on any atom is -0.376 e. The van der Waals surface area contributed by atoms with Crippen molar-refractivity contribution in [2.24, 2.45) is 5.73 Å². The van der Waals surface area contributed by atoms with Gasteiger partial charge >= 0.3 is 6.18 Å². The predicted octanol–water partition coefficient (Wildman–Crippen LogP) is -0.753. The highest BCUT2D eigenvalue weighted by molar-refractivity contribution is 5.91. The van der Waals surface area contributed by atoms with Crippen LogP contribution in [0.4, 0.5) is 13.2 Å². The van der Waals surface area contributed by atoms with Gasteiger partial charge in [0.05, 0.1) is 12.7 Å². The van der Waals surface area contributed by atoms with Crippen LogP contribution in [0.1, 0.15) is 16.3 Å². The third-order valence-electron chi connectivity index (χ3n) is 2.97. The number of halogens is 3. The van der Waals surface area contributed by atoms with Gasteiger partial charge in [0.15, 0.2) is 0 Å². The fraction of sp³-hybridized carbons (Fsp3) is 0.500. The maximum absolute atomic E-state index is 12.3. The molecule has 3 N–H and O–H groups in total. The second-order valence-corrected chi connectivity index (χ2v) is 4.28. The van der Waals surface area contributed by atoms with Gasteiger partial charge in [0.2, 0.25) is 6.10 Å². The van der Waals surface area contributed by atoms with Crippen molar-refractivity contribution in [1.29, 1.82) is 0 Å². The highest BCUT2D eigenvalue weighted by Crippen LogP contribution is 2.23. The maximum atomic E-state index is 12.3. The number of hydrogen-bond acceptors (Lipinski definition) is 4. The van der Waals surface area contributed by atoms with Gasteiger partial charge in [-0.1, -0.05) is 0 Å². The Morgan fingerprint density at radius 1 is 1.40 bits per heavy atom. The summed E-state index contributed by atoms with van der Waals surface area (Å²) in [7, 11) is 0. The molecule has 0 spiro atoms.